The van der Waals surface area contributed by atoms with Crippen LogP contribution in [0.1, 0.15) is 43.0 Å². The van der Waals surface area contributed by atoms with Gasteiger partial charge in [0.2, 0.25) is 0 Å². The lowest BCUT2D eigenvalue weighted by Gasteiger charge is -2.10. The van der Waals surface area contributed by atoms with Crippen molar-refractivity contribution in [3.63, 3.8) is 0 Å². The number of nitrogens with two attached hydrogens (primary N) is 2. The molecule has 0 heterocycles. The number of rotatable bonds is 6. The van der Waals surface area contributed by atoms with Crippen molar-refractivity contribution in [2.75, 3.05) is 18.1 Å². The Bertz CT molecular complexity index is 1120. The summed E-state index contributed by atoms with van der Waals surface area (Å²) in [6, 6.07) is 18.5. The highest BCUT2D eigenvalue weighted by Gasteiger charge is 2.18. The molecule has 7 N–H and O–H groups in total. The smallest absolute Gasteiger partial charge is 0.336 e. The molecule has 0 unspecified atom stereocenters. The van der Waals surface area contributed by atoms with Crippen molar-refractivity contribution in [2.45, 2.75) is 13.3 Å². The van der Waals surface area contributed by atoms with E-state index in [0.717, 1.165) is 11.1 Å². The van der Waals surface area contributed by atoms with Gasteiger partial charge in [-0.2, -0.15) is 0 Å². The number of hydrogen-bond acceptors (Lipinski definition) is 5. The molecule has 3 aromatic rings. The first-order valence-electron chi connectivity index (χ1n) is 9.82. The Morgan fingerprint density at radius 2 is 1.50 bits per heavy atom. The van der Waals surface area contributed by atoms with Crippen LogP contribution in [0.2, 0.25) is 0 Å². The van der Waals surface area contributed by atoms with Crippen LogP contribution in [0.3, 0.4) is 0 Å². The molecule has 0 fully saturated rings. The third-order valence-corrected chi connectivity index (χ3v) is 4.76. The van der Waals surface area contributed by atoms with Crippen LogP contribution in [0, 0.1) is 6.92 Å². The fourth-order valence-electron chi connectivity index (χ4n) is 3.08. The number of aromatic carboxylic acids is 2. The van der Waals surface area contributed by atoms with E-state index >= 15 is 0 Å². The molecule has 166 valence electrons. The molecule has 7 nitrogen and oxygen atoms in total. The minimum absolute atomic E-state index is 0.0286. The number of hydrogen-bond donors (Lipinski definition) is 5. The molecule has 0 saturated heterocycles. The minimum Gasteiger partial charge on any atom is -0.478 e. The van der Waals surface area contributed by atoms with Crippen molar-refractivity contribution in [3.05, 3.63) is 94.0 Å². The van der Waals surface area contributed by atoms with Gasteiger partial charge in [0.05, 0.1) is 22.5 Å². The van der Waals surface area contributed by atoms with Gasteiger partial charge in [0.15, 0.2) is 0 Å². The van der Waals surface area contributed by atoms with E-state index in [1.807, 2.05) is 48.6 Å². The summed E-state index contributed by atoms with van der Waals surface area (Å²) in [5.74, 6) is -2.33. The zero-order valence-electron chi connectivity index (χ0n) is 17.7. The standard InChI is InChI=1S/C14H14N2.C11H12O5/c15-13-9-8-12(10-14(13)16)7-6-11-4-2-1-3-5-11;1-6-8(10(13)14)3-2-7(4-5-12)9(6)11(15)16/h1-10H,15-16H2;2-3,12H,4-5H2,1H3,(H,13,14)(H,15,16). The molecule has 0 aliphatic heterocycles. The van der Waals surface area contributed by atoms with Gasteiger partial charge >= 0.3 is 11.9 Å². The summed E-state index contributed by atoms with van der Waals surface area (Å²) in [6.45, 7) is 1.28. The maximum absolute atomic E-state index is 11.0. The second-order valence-electron chi connectivity index (χ2n) is 6.99. The Morgan fingerprint density at radius 3 is 2.06 bits per heavy atom. The number of nitrogen functional groups attached to an aromatic ring is 2. The molecule has 0 bridgehead atoms. The molecule has 7 heteroatoms. The van der Waals surface area contributed by atoms with Gasteiger partial charge in [-0.15, -0.1) is 0 Å². The summed E-state index contributed by atoms with van der Waals surface area (Å²) < 4.78 is 0. The van der Waals surface area contributed by atoms with Crippen LogP contribution in [-0.2, 0) is 6.42 Å². The summed E-state index contributed by atoms with van der Waals surface area (Å²) in [6.07, 6.45) is 4.26. The first kappa shape index (κ1) is 24.2. The van der Waals surface area contributed by atoms with Gasteiger partial charge in [0.1, 0.15) is 0 Å². The monoisotopic (exact) mass is 434 g/mol. The fraction of sp³-hybridized carbons (Fsp3) is 0.120. The van der Waals surface area contributed by atoms with Gasteiger partial charge in [0.25, 0.3) is 0 Å². The average Bonchev–Trinajstić information content (AvgIpc) is 2.75. The van der Waals surface area contributed by atoms with Gasteiger partial charge in [-0.05, 0) is 53.8 Å². The zero-order chi connectivity index (χ0) is 23.7. The van der Waals surface area contributed by atoms with Crippen LogP contribution in [0.5, 0.6) is 0 Å². The number of carboxylic acid groups (broad SMARTS) is 2. The molecule has 0 aliphatic rings. The van der Waals surface area contributed by atoms with E-state index < -0.39 is 11.9 Å². The summed E-state index contributed by atoms with van der Waals surface area (Å²) in [5.41, 5.74) is 15.4. The zero-order valence-corrected chi connectivity index (χ0v) is 17.7. The summed E-state index contributed by atoms with van der Waals surface area (Å²) in [5, 5.41) is 26.6. The van der Waals surface area contributed by atoms with E-state index in [0.29, 0.717) is 16.9 Å². The molecular formula is C25H26N2O5. The lowest BCUT2D eigenvalue weighted by molar-refractivity contribution is 0.0694. The topological polar surface area (TPSA) is 147 Å². The number of benzene rings is 3. The van der Waals surface area contributed by atoms with E-state index in [1.165, 1.54) is 19.1 Å². The lowest BCUT2D eigenvalue weighted by atomic mass is 9.95. The SMILES string of the molecule is Cc1c(C(=O)O)ccc(CCO)c1C(=O)O.Nc1ccc(C=Cc2ccccc2)cc1N. The highest BCUT2D eigenvalue weighted by Crippen LogP contribution is 2.20. The van der Waals surface area contributed by atoms with Gasteiger partial charge in [-0.3, -0.25) is 0 Å². The van der Waals surface area contributed by atoms with Gasteiger partial charge in [0, 0.05) is 6.61 Å². The molecule has 0 spiro atoms. The Balaban J connectivity index is 0.000000227. The third kappa shape index (κ3) is 6.45. The first-order chi connectivity index (χ1) is 15.2. The number of aliphatic hydroxyl groups excluding tert-OH is 1. The van der Waals surface area contributed by atoms with E-state index in [9.17, 15) is 9.59 Å². The van der Waals surface area contributed by atoms with E-state index in [1.54, 1.807) is 0 Å². The van der Waals surface area contributed by atoms with E-state index in [2.05, 4.69) is 12.1 Å². The van der Waals surface area contributed by atoms with Gasteiger partial charge in [-0.1, -0.05) is 54.6 Å². The van der Waals surface area contributed by atoms with Gasteiger partial charge < -0.3 is 26.8 Å². The Labute approximate surface area is 186 Å². The summed E-state index contributed by atoms with van der Waals surface area (Å²) >= 11 is 0. The van der Waals surface area contributed by atoms with Crippen molar-refractivity contribution in [1.29, 1.82) is 0 Å². The quantitative estimate of drug-likeness (QED) is 0.291. The van der Waals surface area contributed by atoms with E-state index in [4.69, 9.17) is 26.8 Å². The number of carbonyl (C=O) groups is 2. The molecule has 3 rings (SSSR count). The van der Waals surface area contributed by atoms with Crippen molar-refractivity contribution < 1.29 is 24.9 Å². The second-order valence-corrected chi connectivity index (χ2v) is 6.99. The maximum Gasteiger partial charge on any atom is 0.336 e. The maximum atomic E-state index is 11.0. The average molecular weight is 434 g/mol. The molecular weight excluding hydrogens is 408 g/mol. The van der Waals surface area contributed by atoms with Crippen LogP contribution >= 0.6 is 0 Å². The van der Waals surface area contributed by atoms with Crippen LogP contribution in [0.25, 0.3) is 12.2 Å². The third-order valence-electron chi connectivity index (χ3n) is 4.76. The predicted molar refractivity (Wildman–Crippen MR) is 127 cm³/mol. The second kappa shape index (κ2) is 11.3. The number of anilines is 2. The first-order valence-corrected chi connectivity index (χ1v) is 9.82. The largest absolute Gasteiger partial charge is 0.478 e. The number of carboxylic acids is 2. The highest BCUT2D eigenvalue weighted by molar-refractivity contribution is 5.97. The lowest BCUT2D eigenvalue weighted by Crippen LogP contribution is -2.11. The number of aliphatic hydroxyl groups is 1. The summed E-state index contributed by atoms with van der Waals surface area (Å²) in [7, 11) is 0. The minimum atomic E-state index is -1.18. The van der Waals surface area contributed by atoms with Gasteiger partial charge in [-0.25, -0.2) is 9.59 Å². The predicted octanol–water partition coefficient (Wildman–Crippen LogP) is 3.95. The molecule has 0 radical (unpaired) electrons. The molecule has 32 heavy (non-hydrogen) atoms. The normalized spacial score (nSPS) is 10.4. The molecule has 0 atom stereocenters. The fourth-order valence-corrected chi connectivity index (χ4v) is 3.08. The van der Waals surface area contributed by atoms with E-state index in [-0.39, 0.29) is 29.7 Å². The molecule has 0 amide bonds. The van der Waals surface area contributed by atoms with Crippen molar-refractivity contribution >= 4 is 35.5 Å². The van der Waals surface area contributed by atoms with Crippen molar-refractivity contribution in [2.24, 2.45) is 0 Å². The van der Waals surface area contributed by atoms with Crippen LogP contribution in [0.15, 0.2) is 60.7 Å². The molecule has 0 aliphatic carbocycles. The molecule has 3 aromatic carbocycles. The highest BCUT2D eigenvalue weighted by atomic mass is 16.4. The van der Waals surface area contributed by atoms with Crippen LogP contribution < -0.4 is 11.5 Å². The van der Waals surface area contributed by atoms with Crippen molar-refractivity contribution in [3.8, 4) is 0 Å². The van der Waals surface area contributed by atoms with Crippen LogP contribution in [-0.4, -0.2) is 33.9 Å². The Hall–Kier alpha value is -4.10. The van der Waals surface area contributed by atoms with Crippen LogP contribution in [0.4, 0.5) is 11.4 Å². The summed E-state index contributed by atoms with van der Waals surface area (Å²) in [4.78, 5) is 21.8. The Morgan fingerprint density at radius 1 is 0.844 bits per heavy atom. The Kier molecular flexibility index (Phi) is 8.56. The molecule has 0 aromatic heterocycles. The molecule has 0 saturated carbocycles. The van der Waals surface area contributed by atoms with Crippen molar-refractivity contribution in [1.82, 2.24) is 0 Å².